The first-order valence-corrected chi connectivity index (χ1v) is 12.9. The van der Waals surface area contributed by atoms with Crippen molar-refractivity contribution < 1.29 is 9.59 Å². The second kappa shape index (κ2) is 15.8. The Labute approximate surface area is 231 Å². The van der Waals surface area contributed by atoms with Crippen LogP contribution in [0.15, 0.2) is 42.6 Å². The molecule has 0 bridgehead atoms. The van der Waals surface area contributed by atoms with Crippen molar-refractivity contribution in [1.29, 1.82) is 5.26 Å². The van der Waals surface area contributed by atoms with Crippen LogP contribution in [0.1, 0.15) is 44.7 Å². The van der Waals surface area contributed by atoms with Crippen molar-refractivity contribution in [3.05, 3.63) is 53.7 Å². The molecule has 10 heteroatoms. The Bertz CT molecular complexity index is 1240. The van der Waals surface area contributed by atoms with Crippen molar-refractivity contribution in [2.24, 2.45) is 0 Å². The molecule has 0 fully saturated rings. The van der Waals surface area contributed by atoms with E-state index in [1.165, 1.54) is 11.0 Å². The van der Waals surface area contributed by atoms with Gasteiger partial charge in [0.25, 0.3) is 0 Å². The molecule has 10 nitrogen and oxygen atoms in total. The van der Waals surface area contributed by atoms with E-state index >= 15 is 0 Å². The molecule has 0 aliphatic carbocycles. The summed E-state index contributed by atoms with van der Waals surface area (Å²) >= 11 is 0. The second-order valence-electron chi connectivity index (χ2n) is 9.56. The molecule has 0 radical (unpaired) electrons. The lowest BCUT2D eigenvalue weighted by molar-refractivity contribution is -0.135. The zero-order valence-electron chi connectivity index (χ0n) is 23.6. The summed E-state index contributed by atoms with van der Waals surface area (Å²) in [6, 6.07) is 8.70. The van der Waals surface area contributed by atoms with Crippen molar-refractivity contribution >= 4 is 29.3 Å². The molecule has 1 aromatic heterocycles. The first-order chi connectivity index (χ1) is 18.6. The van der Waals surface area contributed by atoms with Crippen LogP contribution in [0.5, 0.6) is 0 Å². The second-order valence-corrected chi connectivity index (χ2v) is 9.56. The van der Waals surface area contributed by atoms with Gasteiger partial charge in [-0.25, -0.2) is 4.98 Å². The molecule has 39 heavy (non-hydrogen) atoms. The predicted octanol–water partition coefficient (Wildman–Crippen LogP) is 3.12. The van der Waals surface area contributed by atoms with Gasteiger partial charge in [-0.1, -0.05) is 17.9 Å². The highest BCUT2D eigenvalue weighted by Crippen LogP contribution is 2.18. The van der Waals surface area contributed by atoms with E-state index < -0.39 is 6.04 Å². The maximum absolute atomic E-state index is 12.4. The van der Waals surface area contributed by atoms with Crippen LogP contribution in [0.3, 0.4) is 0 Å². The normalized spacial score (nSPS) is 11.5. The van der Waals surface area contributed by atoms with Gasteiger partial charge in [0.1, 0.15) is 11.9 Å². The van der Waals surface area contributed by atoms with Gasteiger partial charge in [0.15, 0.2) is 0 Å². The Morgan fingerprint density at radius 3 is 2.49 bits per heavy atom. The van der Waals surface area contributed by atoms with Gasteiger partial charge in [-0.3, -0.25) is 9.59 Å². The van der Waals surface area contributed by atoms with E-state index in [9.17, 15) is 9.59 Å². The third kappa shape index (κ3) is 10.8. The summed E-state index contributed by atoms with van der Waals surface area (Å²) in [6.07, 6.45) is 6.16. The van der Waals surface area contributed by atoms with E-state index in [1.807, 2.05) is 32.8 Å². The number of nitriles is 1. The van der Waals surface area contributed by atoms with Crippen LogP contribution in [0.25, 0.3) is 0 Å². The maximum atomic E-state index is 12.4. The third-order valence-corrected chi connectivity index (χ3v) is 5.52. The number of nitrogens with one attached hydrogen (secondary N) is 3. The summed E-state index contributed by atoms with van der Waals surface area (Å²) < 4.78 is 0. The number of likely N-dealkylation sites (N-methyl/N-ethyl adjacent to an activating group) is 2. The number of benzene rings is 1. The number of hydrogen-bond acceptors (Lipinski definition) is 8. The van der Waals surface area contributed by atoms with Crippen LogP contribution in [-0.4, -0.2) is 77.9 Å². The van der Waals surface area contributed by atoms with Crippen molar-refractivity contribution in [3.63, 3.8) is 0 Å². The average molecular weight is 531 g/mol. The Balaban J connectivity index is 1.89. The van der Waals surface area contributed by atoms with Gasteiger partial charge < -0.3 is 25.8 Å². The lowest BCUT2D eigenvalue weighted by atomic mass is 10.2. The monoisotopic (exact) mass is 530 g/mol. The molecular formula is C29H38N8O2. The lowest BCUT2D eigenvalue weighted by Crippen LogP contribution is -2.45. The fourth-order valence-corrected chi connectivity index (χ4v) is 3.22. The van der Waals surface area contributed by atoms with Crippen molar-refractivity contribution in [3.8, 4) is 17.9 Å². The zero-order valence-corrected chi connectivity index (χ0v) is 23.6. The number of rotatable bonds is 12. The first kappa shape index (κ1) is 30.8. The van der Waals surface area contributed by atoms with Crippen LogP contribution in [0.4, 0.5) is 17.5 Å². The summed E-state index contributed by atoms with van der Waals surface area (Å²) in [4.78, 5) is 37.0. The molecule has 2 amide bonds. The number of amides is 2. The highest BCUT2D eigenvalue weighted by Gasteiger charge is 2.20. The Kier molecular flexibility index (Phi) is 12.4. The number of unbranched alkanes of at least 4 members (excludes halogenated alkanes) is 1. The fraction of sp³-hybridized carbons (Fsp3) is 0.414. The Morgan fingerprint density at radius 1 is 1.13 bits per heavy atom. The highest BCUT2D eigenvalue weighted by molar-refractivity contribution is 5.92. The molecule has 2 rings (SSSR count). The van der Waals surface area contributed by atoms with Gasteiger partial charge in [-0.15, -0.1) is 0 Å². The van der Waals surface area contributed by atoms with Gasteiger partial charge in [-0.2, -0.15) is 10.2 Å². The third-order valence-electron chi connectivity index (χ3n) is 5.52. The summed E-state index contributed by atoms with van der Waals surface area (Å²) in [5, 5.41) is 18.3. The average Bonchev–Trinajstić information content (AvgIpc) is 2.90. The SMILES string of the molecule is CC(C)Nc1nc(Nc2ccc(C#N)cc2)ncc1C#CCCCNC(=O)[C@H](C)N(C)C(=O)C=CCN(C)C. The summed E-state index contributed by atoms with van der Waals surface area (Å²) in [6.45, 7) is 6.85. The van der Waals surface area contributed by atoms with Crippen molar-refractivity contribution in [2.75, 3.05) is 44.9 Å². The topological polar surface area (TPSA) is 126 Å². The maximum Gasteiger partial charge on any atom is 0.246 e. The smallest absolute Gasteiger partial charge is 0.246 e. The molecule has 0 saturated heterocycles. The minimum Gasteiger partial charge on any atom is -0.367 e. The van der Waals surface area contributed by atoms with Gasteiger partial charge in [-0.05, 0) is 65.6 Å². The number of nitrogens with zero attached hydrogens (tertiary/aromatic N) is 5. The molecule has 3 N–H and O–H groups in total. The Morgan fingerprint density at radius 2 is 1.85 bits per heavy atom. The molecule has 1 atom stereocenters. The van der Waals surface area contributed by atoms with E-state index in [0.717, 1.165) is 5.69 Å². The molecule has 0 spiro atoms. The molecular weight excluding hydrogens is 492 g/mol. The zero-order chi connectivity index (χ0) is 28.8. The van der Waals surface area contributed by atoms with E-state index in [1.54, 1.807) is 50.5 Å². The quantitative estimate of drug-likeness (QED) is 0.217. The molecule has 0 aliphatic heterocycles. The molecule has 1 heterocycles. The molecule has 0 unspecified atom stereocenters. The van der Waals surface area contributed by atoms with Crippen LogP contribution in [-0.2, 0) is 9.59 Å². The number of carbonyl (C=O) groups excluding carboxylic acids is 2. The number of anilines is 3. The number of carbonyl (C=O) groups is 2. The Hall–Kier alpha value is -4.41. The first-order valence-electron chi connectivity index (χ1n) is 12.9. The lowest BCUT2D eigenvalue weighted by Gasteiger charge is -2.23. The summed E-state index contributed by atoms with van der Waals surface area (Å²) in [5.41, 5.74) is 2.03. The van der Waals surface area contributed by atoms with Gasteiger partial charge in [0.2, 0.25) is 17.8 Å². The van der Waals surface area contributed by atoms with Crippen LogP contribution >= 0.6 is 0 Å². The largest absolute Gasteiger partial charge is 0.367 e. The van der Waals surface area contributed by atoms with Gasteiger partial charge in [0.05, 0.1) is 23.4 Å². The van der Waals surface area contributed by atoms with E-state index in [-0.39, 0.29) is 17.9 Å². The van der Waals surface area contributed by atoms with Crippen LogP contribution in [0, 0.1) is 23.2 Å². The highest BCUT2D eigenvalue weighted by atomic mass is 16.2. The fourth-order valence-electron chi connectivity index (χ4n) is 3.22. The molecule has 0 aliphatic rings. The summed E-state index contributed by atoms with van der Waals surface area (Å²) in [5.74, 6) is 6.87. The van der Waals surface area contributed by atoms with Crippen molar-refractivity contribution in [2.45, 2.75) is 45.7 Å². The van der Waals surface area contributed by atoms with E-state index in [0.29, 0.717) is 48.8 Å². The van der Waals surface area contributed by atoms with Gasteiger partial charge in [0, 0.05) is 44.4 Å². The summed E-state index contributed by atoms with van der Waals surface area (Å²) in [7, 11) is 5.46. The standard InChI is InChI=1S/C29H38N8O2/c1-21(2)33-27-24(20-32-29(35-27)34-25-15-13-23(19-30)14-16-25)11-8-7-9-17-31-28(39)22(3)37(6)26(38)12-10-18-36(4)5/h10,12-16,20-22H,7,9,17-18H2,1-6H3,(H,31,39)(H2,32,33,34,35)/t22-/m0/s1. The molecule has 2 aromatic rings. The van der Waals surface area contributed by atoms with Crippen molar-refractivity contribution in [1.82, 2.24) is 25.1 Å². The number of hydrogen-bond donors (Lipinski definition) is 3. The van der Waals surface area contributed by atoms with Gasteiger partial charge >= 0.3 is 0 Å². The molecule has 1 aromatic carbocycles. The molecule has 0 saturated carbocycles. The molecule has 206 valence electrons. The van der Waals surface area contributed by atoms with E-state index in [2.05, 4.69) is 43.8 Å². The van der Waals surface area contributed by atoms with Crippen LogP contribution < -0.4 is 16.0 Å². The van der Waals surface area contributed by atoms with E-state index in [4.69, 9.17) is 5.26 Å². The minimum atomic E-state index is -0.578. The predicted molar refractivity (Wildman–Crippen MR) is 154 cm³/mol. The minimum absolute atomic E-state index is 0.147. The van der Waals surface area contributed by atoms with Crippen LogP contribution in [0.2, 0.25) is 0 Å². The number of aromatic nitrogens is 2.